The summed E-state index contributed by atoms with van der Waals surface area (Å²) in [6.07, 6.45) is 5.82. The number of benzene rings is 1. The molecule has 1 aliphatic heterocycles. The predicted octanol–water partition coefficient (Wildman–Crippen LogP) is 2.06. The molecule has 3 rings (SSSR count). The van der Waals surface area contributed by atoms with Crippen LogP contribution < -0.4 is 15.8 Å². The van der Waals surface area contributed by atoms with Gasteiger partial charge in [-0.25, -0.2) is 0 Å². The van der Waals surface area contributed by atoms with Crippen molar-refractivity contribution in [2.24, 2.45) is 5.73 Å². The molecular formula is C21H33N3O3. The Kier molecular flexibility index (Phi) is 7.10. The van der Waals surface area contributed by atoms with E-state index in [0.717, 1.165) is 69.6 Å². The zero-order valence-electron chi connectivity index (χ0n) is 16.4. The molecule has 27 heavy (non-hydrogen) atoms. The molecule has 0 atom stereocenters. The molecule has 1 saturated carbocycles. The fraction of sp³-hybridized carbons (Fsp3) is 0.667. The maximum atomic E-state index is 12.3. The summed E-state index contributed by atoms with van der Waals surface area (Å²) in [5, 5.41) is 2.99. The van der Waals surface area contributed by atoms with Gasteiger partial charge in [-0.3, -0.25) is 9.69 Å². The summed E-state index contributed by atoms with van der Waals surface area (Å²) in [5.41, 5.74) is 6.55. The Morgan fingerprint density at radius 3 is 2.81 bits per heavy atom. The smallest absolute Gasteiger partial charge is 0.240 e. The number of nitrogens with zero attached hydrogens (tertiary/aromatic N) is 1. The van der Waals surface area contributed by atoms with Gasteiger partial charge in [0.15, 0.2) is 0 Å². The second-order valence-electron chi connectivity index (χ2n) is 7.87. The van der Waals surface area contributed by atoms with Crippen LogP contribution in [0.3, 0.4) is 0 Å². The van der Waals surface area contributed by atoms with Crippen LogP contribution in [0.4, 0.5) is 0 Å². The normalized spacial score (nSPS) is 20.0. The Bertz CT molecular complexity index is 610. The lowest BCUT2D eigenvalue weighted by molar-refractivity contribution is -0.126. The molecular weight excluding hydrogens is 342 g/mol. The lowest BCUT2D eigenvalue weighted by Crippen LogP contribution is -2.51. The highest BCUT2D eigenvalue weighted by atomic mass is 16.5. The van der Waals surface area contributed by atoms with E-state index in [4.69, 9.17) is 15.2 Å². The van der Waals surface area contributed by atoms with E-state index in [1.54, 1.807) is 0 Å². The van der Waals surface area contributed by atoms with Crippen LogP contribution in [0.15, 0.2) is 24.3 Å². The zero-order valence-corrected chi connectivity index (χ0v) is 16.4. The summed E-state index contributed by atoms with van der Waals surface area (Å²) in [6.45, 7) is 3.73. The van der Waals surface area contributed by atoms with Crippen LogP contribution in [0, 0.1) is 0 Å². The Morgan fingerprint density at radius 2 is 2.07 bits per heavy atom. The number of likely N-dealkylation sites (N-methyl/N-ethyl adjacent to an activating group) is 1. The van der Waals surface area contributed by atoms with E-state index in [1.165, 1.54) is 0 Å². The first-order valence-electron chi connectivity index (χ1n) is 10.1. The maximum absolute atomic E-state index is 12.3. The molecule has 3 N–H and O–H groups in total. The Balaban J connectivity index is 1.42. The van der Waals surface area contributed by atoms with Crippen molar-refractivity contribution in [3.63, 3.8) is 0 Å². The number of ether oxygens (including phenoxy) is 2. The fourth-order valence-corrected chi connectivity index (χ4v) is 3.95. The van der Waals surface area contributed by atoms with E-state index in [1.807, 2.05) is 24.3 Å². The van der Waals surface area contributed by atoms with Gasteiger partial charge >= 0.3 is 0 Å². The van der Waals surface area contributed by atoms with Crippen LogP contribution in [-0.2, 0) is 16.1 Å². The van der Waals surface area contributed by atoms with Gasteiger partial charge in [0.2, 0.25) is 5.91 Å². The van der Waals surface area contributed by atoms with E-state index in [-0.39, 0.29) is 5.91 Å². The van der Waals surface area contributed by atoms with Gasteiger partial charge in [0.1, 0.15) is 12.4 Å². The molecule has 1 heterocycles. The number of carbonyl (C=O) groups excluding carboxylic acids is 1. The van der Waals surface area contributed by atoms with Crippen molar-refractivity contribution >= 4 is 5.91 Å². The molecule has 1 aromatic rings. The molecule has 0 bridgehead atoms. The number of nitrogens with two attached hydrogens (primary N) is 1. The van der Waals surface area contributed by atoms with E-state index >= 15 is 0 Å². The van der Waals surface area contributed by atoms with Gasteiger partial charge in [0.05, 0.1) is 5.54 Å². The number of nitrogens with one attached hydrogen (secondary N) is 1. The zero-order chi connectivity index (χ0) is 19.1. The Labute approximate surface area is 162 Å². The SMILES string of the molecule is CN(CCOc1cccc(CNC(=O)C2(N)CCCC2)c1)C1CCOCC1. The van der Waals surface area contributed by atoms with Crippen molar-refractivity contribution in [2.75, 3.05) is 33.4 Å². The average Bonchev–Trinajstić information content (AvgIpc) is 3.15. The molecule has 0 unspecified atom stereocenters. The van der Waals surface area contributed by atoms with E-state index in [0.29, 0.717) is 19.2 Å². The predicted molar refractivity (Wildman–Crippen MR) is 106 cm³/mol. The highest BCUT2D eigenvalue weighted by Gasteiger charge is 2.36. The first-order chi connectivity index (χ1) is 13.1. The van der Waals surface area contributed by atoms with Crippen molar-refractivity contribution in [1.82, 2.24) is 10.2 Å². The minimum atomic E-state index is -0.678. The molecule has 2 fully saturated rings. The van der Waals surface area contributed by atoms with E-state index in [9.17, 15) is 4.79 Å². The summed E-state index contributed by atoms with van der Waals surface area (Å²) in [5.74, 6) is 0.801. The number of hydrogen-bond donors (Lipinski definition) is 2. The minimum absolute atomic E-state index is 0.0376. The molecule has 6 heteroatoms. The summed E-state index contributed by atoms with van der Waals surface area (Å²) >= 11 is 0. The molecule has 1 saturated heterocycles. The van der Waals surface area contributed by atoms with E-state index < -0.39 is 5.54 Å². The first kappa shape index (κ1) is 20.1. The Hall–Kier alpha value is -1.63. The van der Waals surface area contributed by atoms with Crippen LogP contribution in [-0.4, -0.2) is 55.8 Å². The second kappa shape index (κ2) is 9.53. The highest BCUT2D eigenvalue weighted by molar-refractivity contribution is 5.86. The molecule has 6 nitrogen and oxygen atoms in total. The Morgan fingerprint density at radius 1 is 1.33 bits per heavy atom. The molecule has 0 radical (unpaired) electrons. The lowest BCUT2D eigenvalue weighted by Gasteiger charge is -2.31. The second-order valence-corrected chi connectivity index (χ2v) is 7.87. The van der Waals surface area contributed by atoms with Gasteiger partial charge in [-0.15, -0.1) is 0 Å². The number of hydrogen-bond acceptors (Lipinski definition) is 5. The molecule has 0 spiro atoms. The number of carbonyl (C=O) groups is 1. The van der Waals surface area contributed by atoms with Gasteiger partial charge in [0, 0.05) is 32.3 Å². The third-order valence-corrected chi connectivity index (χ3v) is 5.83. The molecule has 0 aromatic heterocycles. The molecule has 1 aromatic carbocycles. The number of amides is 1. The van der Waals surface area contributed by atoms with Crippen LogP contribution >= 0.6 is 0 Å². The topological polar surface area (TPSA) is 76.8 Å². The monoisotopic (exact) mass is 375 g/mol. The van der Waals surface area contributed by atoms with Crippen molar-refractivity contribution in [3.05, 3.63) is 29.8 Å². The summed E-state index contributed by atoms with van der Waals surface area (Å²) in [6, 6.07) is 8.50. The standard InChI is InChI=1S/C21H33N3O3/c1-24(18-7-12-26-13-8-18)11-14-27-19-6-4-5-17(15-19)16-23-20(25)21(22)9-2-3-10-21/h4-6,15,18H,2-3,7-14,16,22H2,1H3,(H,23,25). The van der Waals surface area contributed by atoms with Gasteiger partial charge in [-0.05, 0) is 50.4 Å². The highest BCUT2D eigenvalue weighted by Crippen LogP contribution is 2.27. The van der Waals surface area contributed by atoms with Crippen molar-refractivity contribution in [3.8, 4) is 5.75 Å². The third kappa shape index (κ3) is 5.67. The van der Waals surface area contributed by atoms with Crippen LogP contribution in [0.25, 0.3) is 0 Å². The fourth-order valence-electron chi connectivity index (χ4n) is 3.95. The largest absolute Gasteiger partial charge is 0.492 e. The first-order valence-corrected chi connectivity index (χ1v) is 10.1. The molecule has 1 amide bonds. The van der Waals surface area contributed by atoms with Crippen molar-refractivity contribution in [2.45, 2.75) is 56.7 Å². The van der Waals surface area contributed by atoms with Crippen LogP contribution in [0.2, 0.25) is 0 Å². The maximum Gasteiger partial charge on any atom is 0.240 e. The minimum Gasteiger partial charge on any atom is -0.492 e. The lowest BCUT2D eigenvalue weighted by atomic mass is 9.98. The van der Waals surface area contributed by atoms with Gasteiger partial charge in [0.25, 0.3) is 0 Å². The van der Waals surface area contributed by atoms with Crippen molar-refractivity contribution < 1.29 is 14.3 Å². The van der Waals surface area contributed by atoms with Gasteiger partial charge in [-0.1, -0.05) is 25.0 Å². The number of rotatable bonds is 8. The third-order valence-electron chi connectivity index (χ3n) is 5.83. The van der Waals surface area contributed by atoms with E-state index in [2.05, 4.69) is 17.3 Å². The summed E-state index contributed by atoms with van der Waals surface area (Å²) in [7, 11) is 2.15. The summed E-state index contributed by atoms with van der Waals surface area (Å²) in [4.78, 5) is 14.7. The molecule has 1 aliphatic carbocycles. The quantitative estimate of drug-likeness (QED) is 0.727. The van der Waals surface area contributed by atoms with Crippen LogP contribution in [0.1, 0.15) is 44.1 Å². The van der Waals surface area contributed by atoms with Gasteiger partial charge < -0.3 is 20.5 Å². The molecule has 2 aliphatic rings. The molecule has 150 valence electrons. The van der Waals surface area contributed by atoms with Gasteiger partial charge in [-0.2, -0.15) is 0 Å². The van der Waals surface area contributed by atoms with Crippen molar-refractivity contribution in [1.29, 1.82) is 0 Å². The average molecular weight is 376 g/mol. The van der Waals surface area contributed by atoms with Crippen LogP contribution in [0.5, 0.6) is 5.75 Å². The summed E-state index contributed by atoms with van der Waals surface area (Å²) < 4.78 is 11.3.